The van der Waals surface area contributed by atoms with E-state index in [-0.39, 0.29) is 0 Å². The number of rotatable bonds is 5. The van der Waals surface area contributed by atoms with Crippen molar-refractivity contribution < 1.29 is 14.3 Å². The quantitative estimate of drug-likeness (QED) is 0.914. The van der Waals surface area contributed by atoms with E-state index in [2.05, 4.69) is 10.3 Å². The second-order valence-corrected chi connectivity index (χ2v) is 4.98. The van der Waals surface area contributed by atoms with E-state index in [0.717, 1.165) is 16.5 Å². The molecule has 0 aliphatic rings. The number of hydrogen-bond acceptors (Lipinski definition) is 5. The fourth-order valence-electron chi connectivity index (χ4n) is 1.53. The number of benzene rings is 1. The fourth-order valence-corrected chi connectivity index (χ4v) is 2.22. The van der Waals surface area contributed by atoms with Gasteiger partial charge in [0.25, 0.3) is 0 Å². The summed E-state index contributed by atoms with van der Waals surface area (Å²) in [5.74, 6) is 0.729. The SMILES string of the molecule is CCOC(=O)Nc1ccc(OCc2nc(C)cs2)cc1. The molecule has 0 bridgehead atoms. The van der Waals surface area contributed by atoms with E-state index in [9.17, 15) is 4.79 Å². The van der Waals surface area contributed by atoms with Crippen LogP contribution in [-0.4, -0.2) is 17.7 Å². The number of amides is 1. The summed E-state index contributed by atoms with van der Waals surface area (Å²) in [7, 11) is 0. The summed E-state index contributed by atoms with van der Waals surface area (Å²) < 4.78 is 10.4. The molecule has 20 heavy (non-hydrogen) atoms. The largest absolute Gasteiger partial charge is 0.486 e. The smallest absolute Gasteiger partial charge is 0.411 e. The molecule has 6 heteroatoms. The maximum absolute atomic E-state index is 11.2. The molecule has 0 atom stereocenters. The molecule has 0 radical (unpaired) electrons. The second-order valence-electron chi connectivity index (χ2n) is 4.04. The number of carbonyl (C=O) groups is 1. The van der Waals surface area contributed by atoms with E-state index in [1.165, 1.54) is 0 Å². The zero-order valence-corrected chi connectivity index (χ0v) is 12.2. The zero-order chi connectivity index (χ0) is 14.4. The maximum atomic E-state index is 11.2. The highest BCUT2D eigenvalue weighted by Gasteiger charge is 2.03. The molecule has 5 nitrogen and oxygen atoms in total. The molecular formula is C14H16N2O3S. The van der Waals surface area contributed by atoms with Crippen LogP contribution in [0.1, 0.15) is 17.6 Å². The van der Waals surface area contributed by atoms with Crippen molar-refractivity contribution in [3.05, 3.63) is 40.3 Å². The van der Waals surface area contributed by atoms with Gasteiger partial charge in [-0.25, -0.2) is 9.78 Å². The number of aromatic nitrogens is 1. The summed E-state index contributed by atoms with van der Waals surface area (Å²) in [5.41, 5.74) is 1.67. The Kier molecular flexibility index (Phi) is 4.95. The Hall–Kier alpha value is -2.08. The van der Waals surface area contributed by atoms with Crippen LogP contribution in [0.2, 0.25) is 0 Å². The van der Waals surface area contributed by atoms with Crippen molar-refractivity contribution in [3.63, 3.8) is 0 Å². The van der Waals surface area contributed by atoms with E-state index >= 15 is 0 Å². The molecule has 1 amide bonds. The molecule has 0 aliphatic heterocycles. The molecule has 0 fully saturated rings. The van der Waals surface area contributed by atoms with Gasteiger partial charge < -0.3 is 9.47 Å². The topological polar surface area (TPSA) is 60.5 Å². The minimum Gasteiger partial charge on any atom is -0.486 e. The predicted octanol–water partition coefficient (Wildman–Crippen LogP) is 3.60. The van der Waals surface area contributed by atoms with E-state index in [4.69, 9.17) is 9.47 Å². The van der Waals surface area contributed by atoms with Crippen molar-refractivity contribution in [1.82, 2.24) is 4.98 Å². The molecule has 1 aromatic heterocycles. The molecule has 1 heterocycles. The van der Waals surface area contributed by atoms with Crippen molar-refractivity contribution in [3.8, 4) is 5.75 Å². The van der Waals surface area contributed by atoms with Crippen molar-refractivity contribution >= 4 is 23.1 Å². The van der Waals surface area contributed by atoms with E-state index < -0.39 is 6.09 Å². The molecule has 0 saturated carbocycles. The summed E-state index contributed by atoms with van der Waals surface area (Å²) in [6.45, 7) is 4.51. The molecular weight excluding hydrogens is 276 g/mol. The lowest BCUT2D eigenvalue weighted by Gasteiger charge is -2.07. The molecule has 1 N–H and O–H groups in total. The van der Waals surface area contributed by atoms with Gasteiger partial charge in [0.05, 0.1) is 6.61 Å². The van der Waals surface area contributed by atoms with Crippen molar-refractivity contribution in [2.45, 2.75) is 20.5 Å². The first-order valence-electron chi connectivity index (χ1n) is 6.25. The van der Waals surface area contributed by atoms with Gasteiger partial charge in [0.15, 0.2) is 0 Å². The van der Waals surface area contributed by atoms with Gasteiger partial charge in [0, 0.05) is 16.8 Å². The molecule has 1 aromatic carbocycles. The maximum Gasteiger partial charge on any atom is 0.411 e. The Bertz CT molecular complexity index is 566. The molecule has 106 valence electrons. The third-order valence-corrected chi connectivity index (χ3v) is 3.35. The number of hydrogen-bond donors (Lipinski definition) is 1. The summed E-state index contributed by atoms with van der Waals surface area (Å²) >= 11 is 1.58. The van der Waals surface area contributed by atoms with Gasteiger partial charge >= 0.3 is 6.09 Å². The van der Waals surface area contributed by atoms with Crippen LogP contribution in [0, 0.1) is 6.92 Å². The van der Waals surface area contributed by atoms with E-state index in [1.54, 1.807) is 42.5 Å². The average molecular weight is 292 g/mol. The first-order chi connectivity index (χ1) is 9.67. The number of carbonyl (C=O) groups excluding carboxylic acids is 1. The predicted molar refractivity (Wildman–Crippen MR) is 78.3 cm³/mol. The Morgan fingerprint density at radius 1 is 1.35 bits per heavy atom. The minimum atomic E-state index is -0.459. The Morgan fingerprint density at radius 3 is 2.70 bits per heavy atom. The lowest BCUT2D eigenvalue weighted by molar-refractivity contribution is 0.168. The standard InChI is InChI=1S/C14H16N2O3S/c1-3-18-14(17)16-11-4-6-12(7-5-11)19-8-13-15-10(2)9-20-13/h4-7,9H,3,8H2,1-2H3,(H,16,17). The number of anilines is 1. The number of nitrogens with zero attached hydrogens (tertiary/aromatic N) is 1. The monoisotopic (exact) mass is 292 g/mol. The summed E-state index contributed by atoms with van der Waals surface area (Å²) in [4.78, 5) is 15.6. The van der Waals surface area contributed by atoms with Crippen molar-refractivity contribution in [1.29, 1.82) is 0 Å². The highest BCUT2D eigenvalue weighted by molar-refractivity contribution is 7.09. The first kappa shape index (κ1) is 14.3. The Morgan fingerprint density at radius 2 is 2.10 bits per heavy atom. The van der Waals surface area contributed by atoms with Gasteiger partial charge in [0.1, 0.15) is 17.4 Å². The summed E-state index contributed by atoms with van der Waals surface area (Å²) in [5, 5.41) is 5.55. The number of thiazole rings is 1. The fraction of sp³-hybridized carbons (Fsp3) is 0.286. The van der Waals surface area contributed by atoms with Gasteiger partial charge in [0.2, 0.25) is 0 Å². The van der Waals surface area contributed by atoms with Crippen LogP contribution in [0.4, 0.5) is 10.5 Å². The van der Waals surface area contributed by atoms with Gasteiger partial charge in [-0.3, -0.25) is 5.32 Å². The molecule has 0 unspecified atom stereocenters. The van der Waals surface area contributed by atoms with Gasteiger partial charge in [-0.15, -0.1) is 11.3 Å². The molecule has 2 aromatic rings. The Balaban J connectivity index is 1.86. The van der Waals surface area contributed by atoms with Crippen LogP contribution in [0.25, 0.3) is 0 Å². The van der Waals surface area contributed by atoms with E-state index in [1.807, 2.05) is 12.3 Å². The highest BCUT2D eigenvalue weighted by atomic mass is 32.1. The average Bonchev–Trinajstić information content (AvgIpc) is 2.84. The first-order valence-corrected chi connectivity index (χ1v) is 7.13. The Labute approximate surface area is 121 Å². The number of ether oxygens (including phenoxy) is 2. The lowest BCUT2D eigenvalue weighted by Crippen LogP contribution is -2.13. The van der Waals surface area contributed by atoms with E-state index in [0.29, 0.717) is 18.9 Å². The third-order valence-electron chi connectivity index (χ3n) is 2.41. The van der Waals surface area contributed by atoms with Crippen LogP contribution < -0.4 is 10.1 Å². The molecule has 0 saturated heterocycles. The van der Waals surface area contributed by atoms with Crippen LogP contribution in [0.15, 0.2) is 29.6 Å². The molecule has 0 aliphatic carbocycles. The molecule has 0 spiro atoms. The van der Waals surface area contributed by atoms with Gasteiger partial charge in [-0.1, -0.05) is 0 Å². The zero-order valence-electron chi connectivity index (χ0n) is 11.4. The lowest BCUT2D eigenvalue weighted by atomic mass is 10.3. The number of aryl methyl sites for hydroxylation is 1. The van der Waals surface area contributed by atoms with Crippen LogP contribution in [0.5, 0.6) is 5.75 Å². The second kappa shape index (κ2) is 6.91. The van der Waals surface area contributed by atoms with Gasteiger partial charge in [-0.2, -0.15) is 0 Å². The van der Waals surface area contributed by atoms with Crippen LogP contribution in [-0.2, 0) is 11.3 Å². The summed E-state index contributed by atoms with van der Waals surface area (Å²) in [6, 6.07) is 7.11. The van der Waals surface area contributed by atoms with Crippen LogP contribution in [0.3, 0.4) is 0 Å². The summed E-state index contributed by atoms with van der Waals surface area (Å²) in [6.07, 6.45) is -0.459. The van der Waals surface area contributed by atoms with Crippen molar-refractivity contribution in [2.75, 3.05) is 11.9 Å². The minimum absolute atomic E-state index is 0.347. The number of nitrogens with one attached hydrogen (secondary N) is 1. The highest BCUT2D eigenvalue weighted by Crippen LogP contribution is 2.18. The van der Waals surface area contributed by atoms with Crippen molar-refractivity contribution in [2.24, 2.45) is 0 Å². The normalized spacial score (nSPS) is 10.1. The van der Waals surface area contributed by atoms with Gasteiger partial charge in [-0.05, 0) is 38.1 Å². The third kappa shape index (κ3) is 4.24. The van der Waals surface area contributed by atoms with Crippen LogP contribution >= 0.6 is 11.3 Å². The molecule has 2 rings (SSSR count).